The van der Waals surface area contributed by atoms with Crippen LogP contribution >= 0.6 is 12.4 Å². The SMILES string of the molecule is COc1ccccc1N1CC(C(=O)N2C[C@@H](CN)[C@H](c3ccccc3)C2)CC1=O.Cl. The van der Waals surface area contributed by atoms with Crippen molar-refractivity contribution >= 4 is 29.9 Å². The summed E-state index contributed by atoms with van der Waals surface area (Å²) >= 11 is 0. The molecule has 0 radical (unpaired) electrons. The summed E-state index contributed by atoms with van der Waals surface area (Å²) < 4.78 is 5.39. The van der Waals surface area contributed by atoms with Crippen LogP contribution in [0.3, 0.4) is 0 Å². The first-order chi connectivity index (χ1) is 14.1. The van der Waals surface area contributed by atoms with Crippen LogP contribution in [0, 0.1) is 11.8 Å². The quantitative estimate of drug-likeness (QED) is 0.792. The minimum Gasteiger partial charge on any atom is -0.495 e. The van der Waals surface area contributed by atoms with Gasteiger partial charge in [-0.05, 0) is 30.2 Å². The van der Waals surface area contributed by atoms with Crippen molar-refractivity contribution in [2.45, 2.75) is 12.3 Å². The predicted octanol–water partition coefficient (Wildman–Crippen LogP) is 2.67. The van der Waals surface area contributed by atoms with Gasteiger partial charge >= 0.3 is 0 Å². The second-order valence-electron chi connectivity index (χ2n) is 7.83. The highest BCUT2D eigenvalue weighted by atomic mass is 35.5. The zero-order valence-electron chi connectivity index (χ0n) is 17.1. The van der Waals surface area contributed by atoms with Crippen LogP contribution < -0.4 is 15.4 Å². The molecule has 1 unspecified atom stereocenters. The summed E-state index contributed by atoms with van der Waals surface area (Å²) in [5.41, 5.74) is 7.96. The molecule has 2 saturated heterocycles. The van der Waals surface area contributed by atoms with Crippen molar-refractivity contribution in [3.63, 3.8) is 0 Å². The minimum absolute atomic E-state index is 0. The van der Waals surface area contributed by atoms with E-state index in [1.165, 1.54) is 5.56 Å². The lowest BCUT2D eigenvalue weighted by molar-refractivity contribution is -0.134. The fraction of sp³-hybridized carbons (Fsp3) is 0.391. The first kappa shape index (κ1) is 22.1. The molecule has 30 heavy (non-hydrogen) atoms. The lowest BCUT2D eigenvalue weighted by Gasteiger charge is -2.22. The maximum absolute atomic E-state index is 13.2. The Balaban J connectivity index is 0.00000256. The number of amides is 2. The van der Waals surface area contributed by atoms with E-state index in [1.54, 1.807) is 12.0 Å². The first-order valence-corrected chi connectivity index (χ1v) is 10.1. The largest absolute Gasteiger partial charge is 0.495 e. The average molecular weight is 430 g/mol. The molecule has 2 aromatic carbocycles. The molecule has 2 heterocycles. The first-order valence-electron chi connectivity index (χ1n) is 10.1. The Morgan fingerprint density at radius 3 is 2.47 bits per heavy atom. The van der Waals surface area contributed by atoms with Crippen LogP contribution in [-0.4, -0.2) is 50.0 Å². The molecule has 2 aliphatic rings. The molecular formula is C23H28ClN3O3. The van der Waals surface area contributed by atoms with Gasteiger partial charge < -0.3 is 20.3 Å². The third-order valence-electron chi connectivity index (χ3n) is 6.13. The molecule has 0 aromatic heterocycles. The van der Waals surface area contributed by atoms with E-state index in [4.69, 9.17) is 10.5 Å². The highest BCUT2D eigenvalue weighted by Gasteiger charge is 2.42. The number of hydrogen-bond donors (Lipinski definition) is 1. The molecule has 2 aromatic rings. The molecular weight excluding hydrogens is 402 g/mol. The third-order valence-corrected chi connectivity index (χ3v) is 6.13. The van der Waals surface area contributed by atoms with Gasteiger partial charge in [-0.2, -0.15) is 0 Å². The fourth-order valence-corrected chi connectivity index (χ4v) is 4.58. The monoisotopic (exact) mass is 429 g/mol. The number of benzene rings is 2. The zero-order chi connectivity index (χ0) is 20.4. The highest BCUT2D eigenvalue weighted by molar-refractivity contribution is 6.01. The van der Waals surface area contributed by atoms with E-state index in [2.05, 4.69) is 12.1 Å². The van der Waals surface area contributed by atoms with Crippen molar-refractivity contribution in [2.75, 3.05) is 38.2 Å². The van der Waals surface area contributed by atoms with E-state index >= 15 is 0 Å². The third kappa shape index (κ3) is 4.16. The Morgan fingerprint density at radius 2 is 1.77 bits per heavy atom. The highest BCUT2D eigenvalue weighted by Crippen LogP contribution is 2.36. The van der Waals surface area contributed by atoms with Crippen LogP contribution in [0.5, 0.6) is 5.75 Å². The molecule has 160 valence electrons. The lowest BCUT2D eigenvalue weighted by atomic mass is 9.89. The number of carbonyl (C=O) groups is 2. The summed E-state index contributed by atoms with van der Waals surface area (Å²) in [4.78, 5) is 29.5. The van der Waals surface area contributed by atoms with Crippen LogP contribution in [0.4, 0.5) is 5.69 Å². The van der Waals surface area contributed by atoms with Gasteiger partial charge in [0.15, 0.2) is 0 Å². The van der Waals surface area contributed by atoms with Gasteiger partial charge in [-0.25, -0.2) is 0 Å². The van der Waals surface area contributed by atoms with Crippen LogP contribution in [-0.2, 0) is 9.59 Å². The van der Waals surface area contributed by atoms with E-state index in [0.717, 1.165) is 5.69 Å². The average Bonchev–Trinajstić information content (AvgIpc) is 3.37. The molecule has 0 bridgehead atoms. The van der Waals surface area contributed by atoms with Gasteiger partial charge in [0.1, 0.15) is 5.75 Å². The summed E-state index contributed by atoms with van der Waals surface area (Å²) in [7, 11) is 1.59. The van der Waals surface area contributed by atoms with Gasteiger partial charge in [-0.1, -0.05) is 42.5 Å². The number of ether oxygens (including phenoxy) is 1. The molecule has 0 saturated carbocycles. The fourth-order valence-electron chi connectivity index (χ4n) is 4.58. The lowest BCUT2D eigenvalue weighted by Crippen LogP contribution is -2.36. The number of para-hydroxylation sites is 2. The topological polar surface area (TPSA) is 75.9 Å². The number of anilines is 1. The summed E-state index contributed by atoms with van der Waals surface area (Å²) in [5.74, 6) is 0.800. The van der Waals surface area contributed by atoms with Gasteiger partial charge in [-0.3, -0.25) is 9.59 Å². The molecule has 0 aliphatic carbocycles. The Labute approximate surface area is 183 Å². The number of nitrogens with two attached hydrogens (primary N) is 1. The molecule has 7 heteroatoms. The van der Waals surface area contributed by atoms with E-state index in [0.29, 0.717) is 31.9 Å². The molecule has 2 amide bonds. The van der Waals surface area contributed by atoms with Gasteiger partial charge in [0.2, 0.25) is 11.8 Å². The number of halogens is 1. The van der Waals surface area contributed by atoms with E-state index < -0.39 is 0 Å². The number of likely N-dealkylation sites (tertiary alicyclic amines) is 1. The molecule has 2 N–H and O–H groups in total. The number of methoxy groups -OCH3 is 1. The van der Waals surface area contributed by atoms with Crippen LogP contribution in [0.15, 0.2) is 54.6 Å². The standard InChI is InChI=1S/C23H27N3O3.ClH/c1-29-21-10-6-5-9-20(21)26-14-17(11-22(26)27)23(28)25-13-18(12-24)19(15-25)16-7-3-2-4-8-16;/h2-10,17-19H,11-15,24H2,1H3;1H/t17?,18-,19+;/m1./s1. The van der Waals surface area contributed by atoms with Crippen molar-refractivity contribution in [1.29, 1.82) is 0 Å². The molecule has 2 aliphatic heterocycles. The van der Waals surface area contributed by atoms with Crippen LogP contribution in [0.1, 0.15) is 17.9 Å². The molecule has 6 nitrogen and oxygen atoms in total. The van der Waals surface area contributed by atoms with Gasteiger partial charge in [0.05, 0.1) is 18.7 Å². The summed E-state index contributed by atoms with van der Waals surface area (Å²) in [6.07, 6.45) is 0.233. The van der Waals surface area contributed by atoms with Gasteiger partial charge in [-0.15, -0.1) is 12.4 Å². The van der Waals surface area contributed by atoms with Gasteiger partial charge in [0.25, 0.3) is 0 Å². The van der Waals surface area contributed by atoms with Crippen LogP contribution in [0.25, 0.3) is 0 Å². The smallest absolute Gasteiger partial charge is 0.228 e. The maximum atomic E-state index is 13.2. The molecule has 3 atom stereocenters. The summed E-state index contributed by atoms with van der Waals surface area (Å²) in [6.45, 7) is 2.23. The van der Waals surface area contributed by atoms with Crippen molar-refractivity contribution in [2.24, 2.45) is 17.6 Å². The van der Waals surface area contributed by atoms with E-state index in [-0.39, 0.29) is 48.4 Å². The number of nitrogens with zero attached hydrogens (tertiary/aromatic N) is 2. The maximum Gasteiger partial charge on any atom is 0.228 e. The minimum atomic E-state index is -0.333. The number of carbonyl (C=O) groups excluding carboxylic acids is 2. The van der Waals surface area contributed by atoms with Gasteiger partial charge in [0, 0.05) is 32.0 Å². The van der Waals surface area contributed by atoms with Crippen molar-refractivity contribution in [3.05, 3.63) is 60.2 Å². The Kier molecular flexibility index (Phi) is 7.00. The summed E-state index contributed by atoms with van der Waals surface area (Å²) in [6, 6.07) is 17.7. The Hall–Kier alpha value is -2.57. The Morgan fingerprint density at radius 1 is 1.07 bits per heavy atom. The summed E-state index contributed by atoms with van der Waals surface area (Å²) in [5, 5.41) is 0. The van der Waals surface area contributed by atoms with Crippen molar-refractivity contribution < 1.29 is 14.3 Å². The van der Waals surface area contributed by atoms with Crippen molar-refractivity contribution in [1.82, 2.24) is 4.90 Å². The molecule has 0 spiro atoms. The second-order valence-corrected chi connectivity index (χ2v) is 7.83. The second kappa shape index (κ2) is 9.49. The number of rotatable bonds is 5. The van der Waals surface area contributed by atoms with Crippen molar-refractivity contribution in [3.8, 4) is 5.75 Å². The number of hydrogen-bond acceptors (Lipinski definition) is 4. The Bertz CT molecular complexity index is 892. The molecule has 2 fully saturated rings. The predicted molar refractivity (Wildman–Crippen MR) is 119 cm³/mol. The van der Waals surface area contributed by atoms with Crippen LogP contribution in [0.2, 0.25) is 0 Å². The van der Waals surface area contributed by atoms with E-state index in [1.807, 2.05) is 47.4 Å². The van der Waals surface area contributed by atoms with E-state index in [9.17, 15) is 9.59 Å². The zero-order valence-corrected chi connectivity index (χ0v) is 17.9. The molecule has 4 rings (SSSR count). The normalized spacial score (nSPS) is 23.4.